The van der Waals surface area contributed by atoms with E-state index in [1.54, 1.807) is 30.3 Å². The molecule has 0 aliphatic heterocycles. The van der Waals surface area contributed by atoms with E-state index >= 15 is 0 Å². The second-order valence-electron chi connectivity index (χ2n) is 6.90. The number of benzene rings is 2. The first kappa shape index (κ1) is 18.5. The molecule has 1 aliphatic rings. The summed E-state index contributed by atoms with van der Waals surface area (Å²) in [5, 5.41) is 14.5. The van der Waals surface area contributed by atoms with E-state index in [-0.39, 0.29) is 5.91 Å². The van der Waals surface area contributed by atoms with Crippen LogP contribution in [0.4, 0.5) is 11.4 Å². The molecule has 1 aromatic heterocycles. The molecule has 1 unspecified atom stereocenters. The molecule has 1 heterocycles. The zero-order valence-corrected chi connectivity index (χ0v) is 15.9. The SMILES string of the molecule is Nc1c2c(nc3ccc(NC(=O)C=Cc4ccc(Cl)cc4)cc13)CCCC2O. The van der Waals surface area contributed by atoms with Crippen molar-refractivity contribution in [1.82, 2.24) is 4.98 Å². The summed E-state index contributed by atoms with van der Waals surface area (Å²) in [6.07, 6.45) is 5.01. The van der Waals surface area contributed by atoms with Gasteiger partial charge in [-0.2, -0.15) is 0 Å². The topological polar surface area (TPSA) is 88.2 Å². The lowest BCUT2D eigenvalue weighted by molar-refractivity contribution is -0.111. The molecule has 4 N–H and O–H groups in total. The molecular weight excluding hydrogens is 374 g/mol. The number of carbonyl (C=O) groups excluding carboxylic acids is 1. The third-order valence-electron chi connectivity index (χ3n) is 4.93. The van der Waals surface area contributed by atoms with Crippen LogP contribution in [0, 0.1) is 0 Å². The van der Waals surface area contributed by atoms with Gasteiger partial charge in [-0.3, -0.25) is 9.78 Å². The number of fused-ring (bicyclic) bond motifs is 2. The Bertz CT molecular complexity index is 1080. The predicted octanol–water partition coefficient (Wildman–Crippen LogP) is 4.49. The number of aryl methyl sites for hydroxylation is 1. The minimum atomic E-state index is -0.582. The zero-order valence-electron chi connectivity index (χ0n) is 15.2. The second kappa shape index (κ2) is 7.62. The Hall–Kier alpha value is -2.89. The van der Waals surface area contributed by atoms with Gasteiger partial charge in [0.25, 0.3) is 0 Å². The zero-order chi connectivity index (χ0) is 19.7. The first-order valence-corrected chi connectivity index (χ1v) is 9.54. The van der Waals surface area contributed by atoms with E-state index in [0.717, 1.165) is 40.6 Å². The number of aliphatic hydroxyl groups excluding tert-OH is 1. The van der Waals surface area contributed by atoms with E-state index < -0.39 is 6.10 Å². The predicted molar refractivity (Wildman–Crippen MR) is 113 cm³/mol. The van der Waals surface area contributed by atoms with E-state index in [9.17, 15) is 9.90 Å². The number of nitrogen functional groups attached to an aromatic ring is 1. The van der Waals surface area contributed by atoms with Gasteiger partial charge < -0.3 is 16.2 Å². The highest BCUT2D eigenvalue weighted by Crippen LogP contribution is 2.37. The summed E-state index contributed by atoms with van der Waals surface area (Å²) in [5.74, 6) is -0.251. The number of nitrogens with two attached hydrogens (primary N) is 1. The number of rotatable bonds is 3. The van der Waals surface area contributed by atoms with Crippen LogP contribution in [0.3, 0.4) is 0 Å². The molecule has 1 atom stereocenters. The van der Waals surface area contributed by atoms with Crippen LogP contribution >= 0.6 is 11.6 Å². The summed E-state index contributed by atoms with van der Waals surface area (Å²) in [4.78, 5) is 16.9. The molecule has 2 aromatic carbocycles. The fourth-order valence-electron chi connectivity index (χ4n) is 3.53. The van der Waals surface area contributed by atoms with Crippen molar-refractivity contribution in [2.75, 3.05) is 11.1 Å². The molecule has 0 radical (unpaired) electrons. The Morgan fingerprint density at radius 3 is 2.82 bits per heavy atom. The van der Waals surface area contributed by atoms with Crippen LogP contribution in [-0.2, 0) is 11.2 Å². The molecule has 0 bridgehead atoms. The summed E-state index contributed by atoms with van der Waals surface area (Å²) in [6.45, 7) is 0. The van der Waals surface area contributed by atoms with Crippen molar-refractivity contribution in [3.05, 3.63) is 70.4 Å². The highest BCUT2D eigenvalue weighted by Gasteiger charge is 2.23. The Morgan fingerprint density at radius 1 is 1.25 bits per heavy atom. The fourth-order valence-corrected chi connectivity index (χ4v) is 3.66. The molecule has 0 saturated carbocycles. The Morgan fingerprint density at radius 2 is 2.04 bits per heavy atom. The highest BCUT2D eigenvalue weighted by molar-refractivity contribution is 6.30. The van der Waals surface area contributed by atoms with Crippen molar-refractivity contribution in [2.45, 2.75) is 25.4 Å². The molecule has 6 heteroatoms. The minimum absolute atomic E-state index is 0.251. The van der Waals surface area contributed by atoms with Gasteiger partial charge in [-0.25, -0.2) is 0 Å². The standard InChI is InChI=1S/C22H20ClN3O2/c23-14-7-4-13(5-8-14)6-11-20(28)25-15-9-10-17-16(12-15)22(24)21-18(26-17)2-1-3-19(21)27/h4-12,19,27H,1-3H2,(H2,24,26)(H,25,28). The molecule has 0 fully saturated rings. The number of nitrogens with one attached hydrogen (secondary N) is 1. The van der Waals surface area contributed by atoms with Gasteiger partial charge in [-0.05, 0) is 61.2 Å². The monoisotopic (exact) mass is 393 g/mol. The number of aliphatic hydroxyl groups is 1. The summed E-state index contributed by atoms with van der Waals surface area (Å²) in [6, 6.07) is 12.7. The maximum absolute atomic E-state index is 12.2. The molecule has 28 heavy (non-hydrogen) atoms. The van der Waals surface area contributed by atoms with E-state index in [0.29, 0.717) is 22.8 Å². The van der Waals surface area contributed by atoms with Crippen molar-refractivity contribution >= 4 is 45.9 Å². The van der Waals surface area contributed by atoms with Crippen molar-refractivity contribution in [2.24, 2.45) is 0 Å². The van der Waals surface area contributed by atoms with E-state index in [1.165, 1.54) is 6.08 Å². The molecule has 142 valence electrons. The lowest BCUT2D eigenvalue weighted by Gasteiger charge is -2.23. The van der Waals surface area contributed by atoms with E-state index in [4.69, 9.17) is 17.3 Å². The van der Waals surface area contributed by atoms with Gasteiger partial charge in [0.2, 0.25) is 5.91 Å². The number of aromatic nitrogens is 1. The maximum Gasteiger partial charge on any atom is 0.248 e. The van der Waals surface area contributed by atoms with Crippen LogP contribution < -0.4 is 11.1 Å². The molecular formula is C22H20ClN3O2. The maximum atomic E-state index is 12.2. The number of amides is 1. The third kappa shape index (κ3) is 3.72. The Kier molecular flexibility index (Phi) is 5.03. The van der Waals surface area contributed by atoms with Gasteiger partial charge in [0, 0.05) is 39.1 Å². The quantitative estimate of drug-likeness (QED) is 0.572. The van der Waals surface area contributed by atoms with Crippen LogP contribution in [0.5, 0.6) is 0 Å². The minimum Gasteiger partial charge on any atom is -0.398 e. The summed E-state index contributed by atoms with van der Waals surface area (Å²) in [5.41, 5.74) is 10.7. The number of hydrogen-bond acceptors (Lipinski definition) is 4. The molecule has 4 rings (SSSR count). The lowest BCUT2D eigenvalue weighted by Crippen LogP contribution is -2.14. The normalized spacial score (nSPS) is 16.3. The average Bonchev–Trinajstić information content (AvgIpc) is 2.68. The highest BCUT2D eigenvalue weighted by atomic mass is 35.5. The molecule has 5 nitrogen and oxygen atoms in total. The summed E-state index contributed by atoms with van der Waals surface area (Å²) >= 11 is 5.86. The number of carbonyl (C=O) groups is 1. The molecule has 3 aromatic rings. The number of nitrogens with zero attached hydrogens (tertiary/aromatic N) is 1. The van der Waals surface area contributed by atoms with Crippen LogP contribution in [0.15, 0.2) is 48.5 Å². The molecule has 0 spiro atoms. The van der Waals surface area contributed by atoms with Crippen LogP contribution in [0.1, 0.15) is 35.8 Å². The van der Waals surface area contributed by atoms with E-state index in [1.807, 2.05) is 18.2 Å². The first-order valence-electron chi connectivity index (χ1n) is 9.16. The summed E-state index contributed by atoms with van der Waals surface area (Å²) < 4.78 is 0. The van der Waals surface area contributed by atoms with Crippen molar-refractivity contribution in [3.63, 3.8) is 0 Å². The number of pyridine rings is 1. The molecule has 1 aliphatic carbocycles. The van der Waals surface area contributed by atoms with Crippen molar-refractivity contribution in [1.29, 1.82) is 0 Å². The second-order valence-corrected chi connectivity index (χ2v) is 7.34. The van der Waals surface area contributed by atoms with Crippen LogP contribution in [0.2, 0.25) is 5.02 Å². The third-order valence-corrected chi connectivity index (χ3v) is 5.18. The summed E-state index contributed by atoms with van der Waals surface area (Å²) in [7, 11) is 0. The van der Waals surface area contributed by atoms with E-state index in [2.05, 4.69) is 10.3 Å². The van der Waals surface area contributed by atoms with Gasteiger partial charge in [-0.1, -0.05) is 23.7 Å². The fraction of sp³-hybridized carbons (Fsp3) is 0.182. The molecule has 0 saturated heterocycles. The van der Waals surface area contributed by atoms with Crippen LogP contribution in [0.25, 0.3) is 17.0 Å². The van der Waals surface area contributed by atoms with Gasteiger partial charge in [0.15, 0.2) is 0 Å². The molecule has 1 amide bonds. The Labute approximate surface area is 167 Å². The number of anilines is 2. The average molecular weight is 394 g/mol. The van der Waals surface area contributed by atoms with Crippen LogP contribution in [-0.4, -0.2) is 16.0 Å². The van der Waals surface area contributed by atoms with Gasteiger partial charge in [-0.15, -0.1) is 0 Å². The van der Waals surface area contributed by atoms with Crippen molar-refractivity contribution in [3.8, 4) is 0 Å². The van der Waals surface area contributed by atoms with Gasteiger partial charge in [0.1, 0.15) is 0 Å². The number of halogens is 1. The van der Waals surface area contributed by atoms with Gasteiger partial charge in [0.05, 0.1) is 11.6 Å². The largest absolute Gasteiger partial charge is 0.398 e. The van der Waals surface area contributed by atoms with Gasteiger partial charge >= 0.3 is 0 Å². The van der Waals surface area contributed by atoms with Crippen molar-refractivity contribution < 1.29 is 9.90 Å². The lowest BCUT2D eigenvalue weighted by atomic mass is 9.90. The first-order chi connectivity index (χ1) is 13.5. The number of hydrogen-bond donors (Lipinski definition) is 3. The smallest absolute Gasteiger partial charge is 0.248 e. The Balaban J connectivity index is 1.58.